The zero-order chi connectivity index (χ0) is 17.9. The molecule has 0 saturated heterocycles. The van der Waals surface area contributed by atoms with Crippen LogP contribution < -0.4 is 8.92 Å². The van der Waals surface area contributed by atoms with E-state index in [-0.39, 0.29) is 27.7 Å². The van der Waals surface area contributed by atoms with Crippen LogP contribution in [-0.2, 0) is 10.1 Å². The van der Waals surface area contributed by atoms with Crippen LogP contribution in [0.1, 0.15) is 17.3 Å². The van der Waals surface area contributed by atoms with Gasteiger partial charge >= 0.3 is 10.1 Å². The molecule has 2 rings (SSSR count). The molecule has 0 bridgehead atoms. The summed E-state index contributed by atoms with van der Waals surface area (Å²) in [6, 6.07) is 8.38. The highest BCUT2D eigenvalue weighted by atomic mass is 32.2. The van der Waals surface area contributed by atoms with E-state index in [1.165, 1.54) is 32.2 Å². The van der Waals surface area contributed by atoms with Crippen LogP contribution in [0.25, 0.3) is 0 Å². The maximum Gasteiger partial charge on any atom is 0.339 e. The van der Waals surface area contributed by atoms with Crippen molar-refractivity contribution in [1.82, 2.24) is 0 Å². The number of Topliss-reactive ketones (excluding diaryl/α,β-unsaturated/α-hetero) is 1. The Labute approximate surface area is 137 Å². The van der Waals surface area contributed by atoms with Crippen LogP contribution in [0.4, 0.5) is 5.69 Å². The normalized spacial score (nSPS) is 10.9. The molecule has 0 amide bonds. The fourth-order valence-electron chi connectivity index (χ4n) is 1.89. The van der Waals surface area contributed by atoms with Gasteiger partial charge < -0.3 is 8.92 Å². The van der Waals surface area contributed by atoms with E-state index >= 15 is 0 Å². The summed E-state index contributed by atoms with van der Waals surface area (Å²) in [4.78, 5) is 21.3. The first-order chi connectivity index (χ1) is 11.2. The van der Waals surface area contributed by atoms with Gasteiger partial charge in [0.1, 0.15) is 10.6 Å². The van der Waals surface area contributed by atoms with Gasteiger partial charge in [0.15, 0.2) is 11.5 Å². The fraction of sp³-hybridized carbons (Fsp3) is 0.133. The van der Waals surface area contributed by atoms with E-state index in [1.807, 2.05) is 0 Å². The third-order valence-corrected chi connectivity index (χ3v) is 4.35. The number of rotatable bonds is 6. The number of nitrogens with zero attached hydrogens (tertiary/aromatic N) is 1. The minimum atomic E-state index is -4.27. The lowest BCUT2D eigenvalue weighted by atomic mass is 10.1. The van der Waals surface area contributed by atoms with Gasteiger partial charge in [-0.15, -0.1) is 0 Å². The minimum Gasteiger partial charge on any atom is -0.497 e. The zero-order valence-corrected chi connectivity index (χ0v) is 13.6. The molecule has 0 fully saturated rings. The lowest BCUT2D eigenvalue weighted by Crippen LogP contribution is -2.12. The van der Waals surface area contributed by atoms with Crippen LogP contribution >= 0.6 is 0 Å². The van der Waals surface area contributed by atoms with Crippen molar-refractivity contribution >= 4 is 21.6 Å². The summed E-state index contributed by atoms with van der Waals surface area (Å²) in [7, 11) is -2.88. The third kappa shape index (κ3) is 3.69. The Morgan fingerprint density at radius 2 is 1.75 bits per heavy atom. The first kappa shape index (κ1) is 17.4. The second-order valence-corrected chi connectivity index (χ2v) is 6.25. The summed E-state index contributed by atoms with van der Waals surface area (Å²) in [6.45, 7) is 1.27. The van der Waals surface area contributed by atoms with Gasteiger partial charge in [0.25, 0.3) is 5.69 Å². The quantitative estimate of drug-likeness (QED) is 0.340. The highest BCUT2D eigenvalue weighted by molar-refractivity contribution is 7.87. The summed E-state index contributed by atoms with van der Waals surface area (Å²) in [5.41, 5.74) is -0.180. The Morgan fingerprint density at radius 1 is 1.12 bits per heavy atom. The van der Waals surface area contributed by atoms with Gasteiger partial charge in [0, 0.05) is 18.2 Å². The van der Waals surface area contributed by atoms with Gasteiger partial charge in [-0.1, -0.05) is 0 Å². The Hall–Kier alpha value is -2.94. The molecule has 0 saturated carbocycles. The second-order valence-electron chi connectivity index (χ2n) is 4.71. The molecule has 24 heavy (non-hydrogen) atoms. The number of benzene rings is 2. The Morgan fingerprint density at radius 3 is 2.25 bits per heavy atom. The zero-order valence-electron chi connectivity index (χ0n) is 12.8. The van der Waals surface area contributed by atoms with Gasteiger partial charge in [-0.05, 0) is 31.2 Å². The van der Waals surface area contributed by atoms with Crippen molar-refractivity contribution in [3.63, 3.8) is 0 Å². The molecule has 0 radical (unpaired) electrons. The average Bonchev–Trinajstić information content (AvgIpc) is 2.54. The van der Waals surface area contributed by atoms with E-state index in [9.17, 15) is 23.3 Å². The number of hydrogen-bond acceptors (Lipinski definition) is 7. The summed E-state index contributed by atoms with van der Waals surface area (Å²) >= 11 is 0. The Balaban J connectivity index is 2.41. The molecule has 2 aromatic rings. The molecule has 2 aromatic carbocycles. The molecule has 0 aliphatic heterocycles. The molecule has 0 aromatic heterocycles. The number of ketones is 1. The van der Waals surface area contributed by atoms with Crippen molar-refractivity contribution in [1.29, 1.82) is 0 Å². The maximum atomic E-state index is 12.3. The van der Waals surface area contributed by atoms with Crippen LogP contribution in [0, 0.1) is 10.1 Å². The molecule has 0 unspecified atom stereocenters. The SMILES string of the molecule is COc1ccc(C(C)=O)c(OS(=O)(=O)c2ccc([N+](=O)[O-])cc2)c1. The molecule has 126 valence electrons. The van der Waals surface area contributed by atoms with Crippen molar-refractivity contribution in [2.45, 2.75) is 11.8 Å². The molecule has 0 aliphatic carbocycles. The molecular weight excluding hydrogens is 338 g/mol. The first-order valence-electron chi connectivity index (χ1n) is 6.62. The molecule has 0 N–H and O–H groups in total. The fourth-order valence-corrected chi connectivity index (χ4v) is 2.83. The molecule has 0 spiro atoms. The van der Waals surface area contributed by atoms with Crippen molar-refractivity contribution in [2.24, 2.45) is 0 Å². The van der Waals surface area contributed by atoms with Crippen LogP contribution in [0.5, 0.6) is 11.5 Å². The number of nitro benzene ring substituents is 1. The number of carbonyl (C=O) groups excluding carboxylic acids is 1. The number of ether oxygens (including phenoxy) is 1. The van der Waals surface area contributed by atoms with Gasteiger partial charge in [-0.2, -0.15) is 8.42 Å². The predicted octanol–water partition coefficient (Wildman–Crippen LogP) is 2.57. The van der Waals surface area contributed by atoms with E-state index in [4.69, 9.17) is 8.92 Å². The number of methoxy groups -OCH3 is 1. The molecule has 0 aliphatic rings. The molecular formula is C15H13NO7S. The third-order valence-electron chi connectivity index (χ3n) is 3.10. The largest absolute Gasteiger partial charge is 0.497 e. The van der Waals surface area contributed by atoms with Crippen LogP contribution in [-0.4, -0.2) is 26.2 Å². The van der Waals surface area contributed by atoms with Crippen molar-refractivity contribution in [3.05, 3.63) is 58.1 Å². The number of non-ortho nitro benzene ring substituents is 1. The smallest absolute Gasteiger partial charge is 0.339 e. The van der Waals surface area contributed by atoms with E-state index in [2.05, 4.69) is 0 Å². The van der Waals surface area contributed by atoms with Crippen molar-refractivity contribution < 1.29 is 27.1 Å². The second kappa shape index (κ2) is 6.67. The predicted molar refractivity (Wildman–Crippen MR) is 83.9 cm³/mol. The number of nitro groups is 1. The minimum absolute atomic E-state index is 0.0706. The van der Waals surface area contributed by atoms with Crippen molar-refractivity contribution in [2.75, 3.05) is 7.11 Å². The summed E-state index contributed by atoms with van der Waals surface area (Å²) in [5, 5.41) is 10.6. The number of carbonyl (C=O) groups is 1. The van der Waals surface area contributed by atoms with E-state index < -0.39 is 15.0 Å². The summed E-state index contributed by atoms with van der Waals surface area (Å²) in [5.74, 6) is -0.249. The first-order valence-corrected chi connectivity index (χ1v) is 8.03. The Kier molecular flexibility index (Phi) is 4.84. The molecule has 0 heterocycles. The highest BCUT2D eigenvalue weighted by Crippen LogP contribution is 2.28. The van der Waals surface area contributed by atoms with Gasteiger partial charge in [0.2, 0.25) is 0 Å². The van der Waals surface area contributed by atoms with Gasteiger partial charge in [0.05, 0.1) is 17.6 Å². The summed E-state index contributed by atoms with van der Waals surface area (Å²) in [6.07, 6.45) is 0. The van der Waals surface area contributed by atoms with Crippen LogP contribution in [0.3, 0.4) is 0 Å². The van der Waals surface area contributed by atoms with Gasteiger partial charge in [-0.25, -0.2) is 0 Å². The van der Waals surface area contributed by atoms with E-state index in [1.54, 1.807) is 0 Å². The van der Waals surface area contributed by atoms with E-state index in [0.717, 1.165) is 24.3 Å². The molecule has 9 heteroatoms. The Bertz CT molecular complexity index is 889. The number of hydrogen-bond donors (Lipinski definition) is 0. The van der Waals surface area contributed by atoms with Gasteiger partial charge in [-0.3, -0.25) is 14.9 Å². The van der Waals surface area contributed by atoms with E-state index in [0.29, 0.717) is 5.75 Å². The lowest BCUT2D eigenvalue weighted by molar-refractivity contribution is -0.384. The van der Waals surface area contributed by atoms with Crippen molar-refractivity contribution in [3.8, 4) is 11.5 Å². The topological polar surface area (TPSA) is 113 Å². The standard InChI is InChI=1S/C15H13NO7S/c1-10(17)14-8-5-12(22-2)9-15(14)23-24(20,21)13-6-3-11(4-7-13)16(18)19/h3-9H,1-2H3. The maximum absolute atomic E-state index is 12.3. The van der Waals surface area contributed by atoms with Crippen LogP contribution in [0.2, 0.25) is 0 Å². The van der Waals surface area contributed by atoms with Crippen LogP contribution in [0.15, 0.2) is 47.4 Å². The highest BCUT2D eigenvalue weighted by Gasteiger charge is 2.21. The lowest BCUT2D eigenvalue weighted by Gasteiger charge is -2.11. The summed E-state index contributed by atoms with van der Waals surface area (Å²) < 4.78 is 34.6. The molecule has 0 atom stereocenters. The molecule has 8 nitrogen and oxygen atoms in total. The monoisotopic (exact) mass is 351 g/mol. The average molecular weight is 351 g/mol.